The van der Waals surface area contributed by atoms with Gasteiger partial charge in [0.1, 0.15) is 24.0 Å². The number of pyridine rings is 1. The molecule has 1 saturated heterocycles. The number of amides is 1. The summed E-state index contributed by atoms with van der Waals surface area (Å²) in [5, 5.41) is 0. The van der Waals surface area contributed by atoms with Crippen LogP contribution in [0.5, 0.6) is 0 Å². The molecule has 0 radical (unpaired) electrons. The second-order valence-electron chi connectivity index (χ2n) is 10.8. The van der Waals surface area contributed by atoms with Crippen LogP contribution in [-0.2, 0) is 20.4 Å². The van der Waals surface area contributed by atoms with Crippen LogP contribution in [0.1, 0.15) is 45.2 Å². The normalized spacial score (nSPS) is 23.9. The van der Waals surface area contributed by atoms with Crippen LogP contribution >= 0.6 is 0 Å². The van der Waals surface area contributed by atoms with E-state index in [1.165, 1.54) is 17.8 Å². The Kier molecular flexibility index (Phi) is 8.35. The van der Waals surface area contributed by atoms with Crippen molar-refractivity contribution >= 4 is 11.6 Å². The van der Waals surface area contributed by atoms with Crippen LogP contribution in [0.3, 0.4) is 0 Å². The van der Waals surface area contributed by atoms with Crippen LogP contribution in [0.15, 0.2) is 77.8 Å². The third kappa shape index (κ3) is 6.60. The summed E-state index contributed by atoms with van der Waals surface area (Å²) in [6, 6.07) is 2.57. The zero-order valence-corrected chi connectivity index (χ0v) is 22.9. The quantitative estimate of drug-likeness (QED) is 0.458. The molecule has 4 heterocycles. The maximum atomic E-state index is 13.2. The van der Waals surface area contributed by atoms with E-state index in [1.807, 2.05) is 29.7 Å². The number of anilines is 1. The lowest BCUT2D eigenvalue weighted by atomic mass is 10.0. The fraction of sp³-hybridized carbons (Fsp3) is 0.467. The van der Waals surface area contributed by atoms with E-state index in [2.05, 4.69) is 28.1 Å². The van der Waals surface area contributed by atoms with E-state index in [0.717, 1.165) is 36.7 Å². The van der Waals surface area contributed by atoms with Crippen molar-refractivity contribution in [2.75, 3.05) is 37.6 Å². The lowest BCUT2D eigenvalue weighted by Gasteiger charge is -2.45. The maximum Gasteiger partial charge on any atom is 0.433 e. The number of piperazine rings is 1. The number of rotatable bonds is 6. The molecule has 0 saturated carbocycles. The fourth-order valence-electron chi connectivity index (χ4n) is 5.60. The van der Waals surface area contributed by atoms with Crippen molar-refractivity contribution in [3.63, 3.8) is 0 Å². The number of aromatic nitrogens is 1. The molecule has 0 aromatic carbocycles. The highest BCUT2D eigenvalue weighted by Gasteiger charge is 2.35. The second kappa shape index (κ2) is 11.9. The molecule has 214 valence electrons. The predicted molar refractivity (Wildman–Crippen MR) is 146 cm³/mol. The molecule has 1 aromatic rings. The van der Waals surface area contributed by atoms with E-state index >= 15 is 0 Å². The summed E-state index contributed by atoms with van der Waals surface area (Å²) in [6.45, 7) is 6.68. The zero-order chi connectivity index (χ0) is 28.3. The van der Waals surface area contributed by atoms with Crippen LogP contribution in [-0.4, -0.2) is 65.5 Å². The van der Waals surface area contributed by atoms with Gasteiger partial charge in [-0.05, 0) is 50.8 Å². The molecule has 1 fully saturated rings. The monoisotopic (exact) mass is 556 g/mol. The summed E-state index contributed by atoms with van der Waals surface area (Å²) in [6.07, 6.45) is 12.0. The van der Waals surface area contributed by atoms with Crippen LogP contribution in [0.25, 0.3) is 0 Å². The number of allylic oxidation sites excluding steroid dienone is 5. The van der Waals surface area contributed by atoms with Gasteiger partial charge in [0, 0.05) is 44.7 Å². The molecule has 3 aliphatic heterocycles. The molecule has 1 amide bonds. The molecule has 4 aliphatic rings. The Labute approximate surface area is 232 Å². The minimum Gasteiger partial charge on any atom is -0.465 e. The third-order valence-electron chi connectivity index (χ3n) is 7.82. The summed E-state index contributed by atoms with van der Waals surface area (Å²) < 4.78 is 50.3. The Morgan fingerprint density at radius 2 is 1.93 bits per heavy atom. The number of hydrogen-bond donors (Lipinski definition) is 0. The lowest BCUT2D eigenvalue weighted by Crippen LogP contribution is -2.59. The van der Waals surface area contributed by atoms with Gasteiger partial charge < -0.3 is 19.3 Å². The van der Waals surface area contributed by atoms with Gasteiger partial charge in [-0.25, -0.2) is 4.98 Å². The maximum absolute atomic E-state index is 13.2. The van der Waals surface area contributed by atoms with Gasteiger partial charge in [-0.15, -0.1) is 0 Å². The van der Waals surface area contributed by atoms with Crippen LogP contribution in [0.2, 0.25) is 0 Å². The average Bonchev–Trinajstić information content (AvgIpc) is 2.95. The number of nitrogens with zero attached hydrogens (tertiary/aromatic N) is 4. The SMILES string of the molecule is CC1CN(c2ccc(C(F)(F)F)nc2)CC(C)N1CC(=O)N1CC=C(C2=COC=C(CC3=CC=CCC3)O2)CC1. The molecular formula is C30H35F3N4O3. The molecule has 1 aromatic heterocycles. The molecule has 1 aliphatic carbocycles. The van der Waals surface area contributed by atoms with Crippen molar-refractivity contribution in [1.29, 1.82) is 0 Å². The molecule has 2 unspecified atom stereocenters. The van der Waals surface area contributed by atoms with Gasteiger partial charge in [0.25, 0.3) is 0 Å². The van der Waals surface area contributed by atoms with E-state index in [0.29, 0.717) is 50.6 Å². The number of halogens is 3. The molecule has 10 heteroatoms. The molecule has 2 atom stereocenters. The summed E-state index contributed by atoms with van der Waals surface area (Å²) in [7, 11) is 0. The Bertz CT molecular complexity index is 1240. The van der Waals surface area contributed by atoms with Gasteiger partial charge in [0.2, 0.25) is 5.91 Å². The molecule has 0 spiro atoms. The van der Waals surface area contributed by atoms with Gasteiger partial charge in [-0.1, -0.05) is 29.9 Å². The van der Waals surface area contributed by atoms with Crippen molar-refractivity contribution in [2.24, 2.45) is 0 Å². The van der Waals surface area contributed by atoms with Crippen molar-refractivity contribution < 1.29 is 27.4 Å². The summed E-state index contributed by atoms with van der Waals surface area (Å²) in [4.78, 5) is 22.9. The molecule has 0 bridgehead atoms. The summed E-state index contributed by atoms with van der Waals surface area (Å²) in [5.74, 6) is 1.55. The average molecular weight is 557 g/mol. The minimum atomic E-state index is -4.46. The standard InChI is InChI=1S/C30H35F3N4O3/c1-21-16-36(25-8-9-28(34-15-25)30(31,32)33)17-22(2)37(21)18-29(38)35-12-10-24(11-13-35)27-20-39-19-26(40-27)14-23-6-4-3-5-7-23/h3-4,6,8-10,15,19-22H,5,7,11-14,16-18H2,1-2H3. The van der Waals surface area contributed by atoms with Gasteiger partial charge in [0.15, 0.2) is 5.76 Å². The highest BCUT2D eigenvalue weighted by Crippen LogP contribution is 2.31. The van der Waals surface area contributed by atoms with Crippen LogP contribution in [0, 0.1) is 0 Å². The summed E-state index contributed by atoms with van der Waals surface area (Å²) in [5.41, 5.74) is 2.10. The van der Waals surface area contributed by atoms with E-state index in [1.54, 1.807) is 12.5 Å². The first kappa shape index (κ1) is 28.0. The van der Waals surface area contributed by atoms with Crippen molar-refractivity contribution in [3.05, 3.63) is 83.5 Å². The third-order valence-corrected chi connectivity index (χ3v) is 7.82. The van der Waals surface area contributed by atoms with E-state index in [-0.39, 0.29) is 18.0 Å². The topological polar surface area (TPSA) is 58.1 Å². The Balaban J connectivity index is 1.12. The Hall–Kier alpha value is -3.53. The van der Waals surface area contributed by atoms with Gasteiger partial charge in [-0.3, -0.25) is 9.69 Å². The van der Waals surface area contributed by atoms with Crippen LogP contribution < -0.4 is 4.90 Å². The smallest absolute Gasteiger partial charge is 0.433 e. The largest absolute Gasteiger partial charge is 0.465 e. The summed E-state index contributed by atoms with van der Waals surface area (Å²) >= 11 is 0. The molecule has 7 nitrogen and oxygen atoms in total. The fourth-order valence-corrected chi connectivity index (χ4v) is 5.60. The lowest BCUT2D eigenvalue weighted by molar-refractivity contribution is -0.141. The number of carbonyl (C=O) groups is 1. The zero-order valence-electron chi connectivity index (χ0n) is 22.9. The number of alkyl halides is 3. The second-order valence-corrected chi connectivity index (χ2v) is 10.8. The molecule has 5 rings (SSSR count). The Morgan fingerprint density at radius 3 is 2.55 bits per heavy atom. The van der Waals surface area contributed by atoms with E-state index < -0.39 is 11.9 Å². The molecule has 0 N–H and O–H groups in total. The van der Waals surface area contributed by atoms with E-state index in [9.17, 15) is 18.0 Å². The highest BCUT2D eigenvalue weighted by molar-refractivity contribution is 5.79. The number of carbonyl (C=O) groups excluding carboxylic acids is 1. The molecule has 40 heavy (non-hydrogen) atoms. The van der Waals surface area contributed by atoms with Gasteiger partial charge in [-0.2, -0.15) is 13.2 Å². The first-order valence-corrected chi connectivity index (χ1v) is 13.8. The number of hydrogen-bond acceptors (Lipinski definition) is 6. The van der Waals surface area contributed by atoms with Gasteiger partial charge >= 0.3 is 6.18 Å². The van der Waals surface area contributed by atoms with E-state index in [4.69, 9.17) is 9.47 Å². The predicted octanol–water partition coefficient (Wildman–Crippen LogP) is 5.55. The minimum absolute atomic E-state index is 0.0452. The first-order valence-electron chi connectivity index (χ1n) is 13.8. The van der Waals surface area contributed by atoms with Crippen molar-refractivity contribution in [3.8, 4) is 0 Å². The van der Waals surface area contributed by atoms with Crippen molar-refractivity contribution in [2.45, 2.75) is 57.8 Å². The Morgan fingerprint density at radius 1 is 1.12 bits per heavy atom. The van der Waals surface area contributed by atoms with Crippen molar-refractivity contribution in [1.82, 2.24) is 14.8 Å². The first-order chi connectivity index (χ1) is 19.2. The number of ether oxygens (including phenoxy) is 2. The van der Waals surface area contributed by atoms with Gasteiger partial charge in [0.05, 0.1) is 18.4 Å². The highest BCUT2D eigenvalue weighted by atomic mass is 19.4. The molecular weight excluding hydrogens is 521 g/mol. The van der Waals surface area contributed by atoms with Crippen LogP contribution in [0.4, 0.5) is 18.9 Å².